The maximum atomic E-state index is 13.7. The SMILES string of the molecule is CCNC(c1cc(F)ccc1Cl)C1CCCc2sccc21. The third-order valence-corrected chi connectivity index (χ3v) is 5.56. The maximum absolute atomic E-state index is 13.7. The standard InChI is InChI=1S/C17H19ClFNS/c1-2-20-17(14-10-11(19)6-7-15(14)18)13-4-3-5-16-12(13)8-9-21-16/h6-10,13,17,20H,2-5H2,1H3. The lowest BCUT2D eigenvalue weighted by molar-refractivity contribution is 0.410. The molecule has 1 heterocycles. The van der Waals surface area contributed by atoms with Gasteiger partial charge in [-0.1, -0.05) is 18.5 Å². The zero-order valence-corrected chi connectivity index (χ0v) is 13.6. The summed E-state index contributed by atoms with van der Waals surface area (Å²) in [5.74, 6) is 0.151. The highest BCUT2D eigenvalue weighted by atomic mass is 35.5. The molecule has 1 aromatic carbocycles. The van der Waals surface area contributed by atoms with Gasteiger partial charge in [0.25, 0.3) is 0 Å². The molecule has 0 bridgehead atoms. The number of hydrogen-bond donors (Lipinski definition) is 1. The predicted octanol–water partition coefficient (Wildman–Crippen LogP) is 5.31. The molecular formula is C17H19ClFNS. The van der Waals surface area contributed by atoms with E-state index < -0.39 is 0 Å². The van der Waals surface area contributed by atoms with E-state index in [4.69, 9.17) is 11.6 Å². The van der Waals surface area contributed by atoms with Gasteiger partial charge in [0.2, 0.25) is 0 Å². The summed E-state index contributed by atoms with van der Waals surface area (Å²) in [4.78, 5) is 1.47. The number of aryl methyl sites for hydroxylation is 1. The van der Waals surface area contributed by atoms with Crippen molar-refractivity contribution in [2.24, 2.45) is 0 Å². The number of nitrogens with one attached hydrogen (secondary N) is 1. The minimum atomic E-state index is -0.223. The van der Waals surface area contributed by atoms with Crippen LogP contribution in [0.2, 0.25) is 5.02 Å². The van der Waals surface area contributed by atoms with Crippen LogP contribution in [0.5, 0.6) is 0 Å². The van der Waals surface area contributed by atoms with Crippen LogP contribution >= 0.6 is 22.9 Å². The normalized spacial score (nSPS) is 19.3. The van der Waals surface area contributed by atoms with Gasteiger partial charge in [-0.05, 0) is 66.6 Å². The van der Waals surface area contributed by atoms with Gasteiger partial charge in [0.15, 0.2) is 0 Å². The third kappa shape index (κ3) is 3.01. The van der Waals surface area contributed by atoms with Crippen molar-refractivity contribution in [2.75, 3.05) is 6.54 Å². The first-order chi connectivity index (χ1) is 10.2. The molecule has 2 atom stereocenters. The Morgan fingerprint density at radius 3 is 3.10 bits per heavy atom. The number of hydrogen-bond acceptors (Lipinski definition) is 2. The molecule has 1 nitrogen and oxygen atoms in total. The average Bonchev–Trinajstić information content (AvgIpc) is 2.96. The Labute approximate surface area is 134 Å². The molecule has 1 N–H and O–H groups in total. The molecule has 0 fully saturated rings. The van der Waals surface area contributed by atoms with Crippen molar-refractivity contribution < 1.29 is 4.39 Å². The summed E-state index contributed by atoms with van der Waals surface area (Å²) in [6, 6.07) is 6.96. The van der Waals surface area contributed by atoms with Crippen LogP contribution in [-0.2, 0) is 6.42 Å². The highest BCUT2D eigenvalue weighted by Gasteiger charge is 2.30. The highest BCUT2D eigenvalue weighted by molar-refractivity contribution is 7.10. The number of likely N-dealkylation sites (N-methyl/N-ethyl adjacent to an activating group) is 1. The van der Waals surface area contributed by atoms with E-state index in [-0.39, 0.29) is 11.9 Å². The summed E-state index contributed by atoms with van der Waals surface area (Å²) >= 11 is 8.18. The first kappa shape index (κ1) is 15.0. The van der Waals surface area contributed by atoms with Crippen molar-refractivity contribution in [1.29, 1.82) is 0 Å². The average molecular weight is 324 g/mol. The van der Waals surface area contributed by atoms with Crippen LogP contribution in [0.4, 0.5) is 4.39 Å². The number of thiophene rings is 1. The van der Waals surface area contributed by atoms with E-state index in [1.807, 2.05) is 11.3 Å². The first-order valence-corrected chi connectivity index (χ1v) is 8.71. The number of fused-ring (bicyclic) bond motifs is 1. The van der Waals surface area contributed by atoms with Crippen LogP contribution in [0.15, 0.2) is 29.6 Å². The van der Waals surface area contributed by atoms with E-state index in [0.717, 1.165) is 18.5 Å². The van der Waals surface area contributed by atoms with Crippen LogP contribution in [0, 0.1) is 5.82 Å². The molecule has 0 saturated heterocycles. The molecule has 1 aliphatic carbocycles. The Hall–Kier alpha value is -0.900. The van der Waals surface area contributed by atoms with E-state index in [0.29, 0.717) is 10.9 Å². The lowest BCUT2D eigenvalue weighted by Gasteiger charge is -2.32. The summed E-state index contributed by atoms with van der Waals surface area (Å²) in [5, 5.41) is 6.33. The summed E-state index contributed by atoms with van der Waals surface area (Å²) < 4.78 is 13.7. The largest absolute Gasteiger partial charge is 0.310 e. The molecule has 2 aromatic rings. The van der Waals surface area contributed by atoms with Crippen LogP contribution < -0.4 is 5.32 Å². The lowest BCUT2D eigenvalue weighted by atomic mass is 9.80. The Kier molecular flexibility index (Phi) is 4.63. The van der Waals surface area contributed by atoms with Gasteiger partial charge in [-0.15, -0.1) is 11.3 Å². The fourth-order valence-electron chi connectivity index (χ4n) is 3.31. The fourth-order valence-corrected chi connectivity index (χ4v) is 4.54. The Morgan fingerprint density at radius 2 is 2.29 bits per heavy atom. The second-order valence-electron chi connectivity index (χ2n) is 5.50. The molecule has 1 aromatic heterocycles. The van der Waals surface area contributed by atoms with Crippen LogP contribution in [-0.4, -0.2) is 6.54 Å². The second-order valence-corrected chi connectivity index (χ2v) is 6.91. The van der Waals surface area contributed by atoms with E-state index in [2.05, 4.69) is 23.7 Å². The van der Waals surface area contributed by atoms with Crippen LogP contribution in [0.25, 0.3) is 0 Å². The number of benzene rings is 1. The fraction of sp³-hybridized carbons (Fsp3) is 0.412. The van der Waals surface area contributed by atoms with Crippen molar-refractivity contribution in [3.63, 3.8) is 0 Å². The predicted molar refractivity (Wildman–Crippen MR) is 87.8 cm³/mol. The molecule has 4 heteroatoms. The van der Waals surface area contributed by atoms with Gasteiger partial charge in [0, 0.05) is 21.9 Å². The number of rotatable bonds is 4. The molecule has 0 saturated carbocycles. The second kappa shape index (κ2) is 6.47. The van der Waals surface area contributed by atoms with Gasteiger partial charge in [-0.25, -0.2) is 4.39 Å². The summed E-state index contributed by atoms with van der Waals surface area (Å²) in [6.07, 6.45) is 3.47. The smallest absolute Gasteiger partial charge is 0.123 e. The summed E-state index contributed by atoms with van der Waals surface area (Å²) in [6.45, 7) is 2.92. The molecular weight excluding hydrogens is 305 g/mol. The highest BCUT2D eigenvalue weighted by Crippen LogP contribution is 2.43. The molecule has 1 aliphatic rings. The monoisotopic (exact) mass is 323 g/mol. The van der Waals surface area contributed by atoms with Crippen molar-refractivity contribution in [2.45, 2.75) is 38.1 Å². The van der Waals surface area contributed by atoms with Gasteiger partial charge >= 0.3 is 0 Å². The zero-order chi connectivity index (χ0) is 14.8. The minimum absolute atomic E-state index is 0.0758. The van der Waals surface area contributed by atoms with Crippen molar-refractivity contribution in [1.82, 2.24) is 5.32 Å². The van der Waals surface area contributed by atoms with E-state index in [1.165, 1.54) is 29.3 Å². The Bertz CT molecular complexity index is 625. The van der Waals surface area contributed by atoms with Gasteiger partial charge in [-0.3, -0.25) is 0 Å². The lowest BCUT2D eigenvalue weighted by Crippen LogP contribution is -2.29. The van der Waals surface area contributed by atoms with Crippen LogP contribution in [0.3, 0.4) is 0 Å². The molecule has 0 aliphatic heterocycles. The summed E-state index contributed by atoms with van der Waals surface area (Å²) in [5.41, 5.74) is 2.29. The van der Waals surface area contributed by atoms with Gasteiger partial charge < -0.3 is 5.32 Å². The maximum Gasteiger partial charge on any atom is 0.123 e. The van der Waals surface area contributed by atoms with Gasteiger partial charge in [0.05, 0.1) is 0 Å². The van der Waals surface area contributed by atoms with Crippen molar-refractivity contribution in [3.05, 3.63) is 56.5 Å². The van der Waals surface area contributed by atoms with Gasteiger partial charge in [0.1, 0.15) is 5.82 Å². The van der Waals surface area contributed by atoms with Crippen molar-refractivity contribution >= 4 is 22.9 Å². The number of halogens is 2. The van der Waals surface area contributed by atoms with Gasteiger partial charge in [-0.2, -0.15) is 0 Å². The molecule has 112 valence electrons. The van der Waals surface area contributed by atoms with Crippen molar-refractivity contribution in [3.8, 4) is 0 Å². The molecule has 3 rings (SSSR count). The quantitative estimate of drug-likeness (QED) is 0.803. The van der Waals surface area contributed by atoms with E-state index >= 15 is 0 Å². The zero-order valence-electron chi connectivity index (χ0n) is 12.0. The topological polar surface area (TPSA) is 12.0 Å². The summed E-state index contributed by atoms with van der Waals surface area (Å²) in [7, 11) is 0. The van der Waals surface area contributed by atoms with E-state index in [1.54, 1.807) is 12.1 Å². The third-order valence-electron chi connectivity index (χ3n) is 4.22. The van der Waals surface area contributed by atoms with E-state index in [9.17, 15) is 4.39 Å². The molecule has 0 amide bonds. The van der Waals surface area contributed by atoms with Crippen LogP contribution in [0.1, 0.15) is 47.7 Å². The Balaban J connectivity index is 2.01. The molecule has 21 heavy (non-hydrogen) atoms. The minimum Gasteiger partial charge on any atom is -0.310 e. The molecule has 2 unspecified atom stereocenters. The Morgan fingerprint density at radius 1 is 1.43 bits per heavy atom. The molecule has 0 spiro atoms. The first-order valence-electron chi connectivity index (χ1n) is 7.45. The molecule has 0 radical (unpaired) electrons.